The van der Waals surface area contributed by atoms with Crippen LogP contribution >= 0.6 is 0 Å². The van der Waals surface area contributed by atoms with E-state index in [0.29, 0.717) is 17.7 Å². The first kappa shape index (κ1) is 19.6. The number of hydrogen-bond acceptors (Lipinski definition) is 4. The summed E-state index contributed by atoms with van der Waals surface area (Å²) < 4.78 is 0. The molecule has 0 unspecified atom stereocenters. The Labute approximate surface area is 162 Å². The van der Waals surface area contributed by atoms with Gasteiger partial charge in [0.2, 0.25) is 11.8 Å². The molecule has 1 fully saturated rings. The minimum atomic E-state index is -0.998. The van der Waals surface area contributed by atoms with E-state index < -0.39 is 29.6 Å². The molecule has 4 atom stereocenters. The van der Waals surface area contributed by atoms with Crippen LogP contribution in [0.3, 0.4) is 0 Å². The summed E-state index contributed by atoms with van der Waals surface area (Å²) in [5, 5.41) is 12.1. The zero-order chi connectivity index (χ0) is 20.4. The number of hydrazine groups is 1. The number of amides is 3. The van der Waals surface area contributed by atoms with Gasteiger partial charge in [0.05, 0.1) is 11.8 Å². The quantitative estimate of drug-likeness (QED) is 0.452. The Kier molecular flexibility index (Phi) is 5.48. The molecule has 1 aromatic rings. The summed E-state index contributed by atoms with van der Waals surface area (Å²) >= 11 is 0. The fourth-order valence-electron chi connectivity index (χ4n) is 3.78. The minimum absolute atomic E-state index is 0.119. The van der Waals surface area contributed by atoms with Gasteiger partial charge in [-0.25, -0.2) is 0 Å². The lowest BCUT2D eigenvalue weighted by atomic mass is 9.82. The van der Waals surface area contributed by atoms with E-state index in [0.717, 1.165) is 0 Å². The maximum Gasteiger partial charge on any atom is 0.307 e. The Morgan fingerprint density at radius 3 is 2.14 bits per heavy atom. The Balaban J connectivity index is 1.57. The van der Waals surface area contributed by atoms with Gasteiger partial charge >= 0.3 is 5.97 Å². The number of hydrogen-bond donors (Lipinski definition) is 4. The average molecular weight is 385 g/mol. The summed E-state index contributed by atoms with van der Waals surface area (Å²) in [5.74, 6) is -4.03. The second-order valence-corrected chi connectivity index (χ2v) is 7.50. The molecule has 0 spiro atoms. The minimum Gasteiger partial charge on any atom is -0.481 e. The molecule has 1 saturated carbocycles. The number of aliphatic carboxylic acids is 1. The molecule has 0 aliphatic heterocycles. The Morgan fingerprint density at radius 1 is 0.964 bits per heavy atom. The molecule has 3 amide bonds. The fourth-order valence-corrected chi connectivity index (χ4v) is 3.78. The zero-order valence-electron chi connectivity index (χ0n) is 15.6. The highest BCUT2D eigenvalue weighted by Crippen LogP contribution is 2.48. The SMILES string of the molecule is CC(C)C(=O)Nc1ccc(C(=O)NNC(=O)[C@@H]2[C@H](C(=O)O)[C@H]3C=C[C@H]2C3)cc1. The van der Waals surface area contributed by atoms with Crippen molar-refractivity contribution >= 4 is 29.4 Å². The topological polar surface area (TPSA) is 125 Å². The van der Waals surface area contributed by atoms with Gasteiger partial charge in [-0.15, -0.1) is 0 Å². The van der Waals surface area contributed by atoms with E-state index in [9.17, 15) is 24.3 Å². The van der Waals surface area contributed by atoms with E-state index in [1.54, 1.807) is 26.0 Å². The van der Waals surface area contributed by atoms with Crippen LogP contribution in [0.15, 0.2) is 36.4 Å². The number of allylic oxidation sites excluding steroid dienone is 2. The molecule has 3 rings (SSSR count). The van der Waals surface area contributed by atoms with Gasteiger partial charge in [0.25, 0.3) is 5.91 Å². The van der Waals surface area contributed by atoms with Crippen molar-refractivity contribution in [1.82, 2.24) is 10.9 Å². The van der Waals surface area contributed by atoms with Gasteiger partial charge in [0, 0.05) is 17.2 Å². The monoisotopic (exact) mass is 385 g/mol. The molecule has 2 aliphatic rings. The molecule has 0 radical (unpaired) electrons. The van der Waals surface area contributed by atoms with Crippen LogP contribution in [0.2, 0.25) is 0 Å². The van der Waals surface area contributed by atoms with Crippen molar-refractivity contribution < 1.29 is 24.3 Å². The highest BCUT2D eigenvalue weighted by Gasteiger charge is 2.51. The van der Waals surface area contributed by atoms with Gasteiger partial charge in [0.15, 0.2) is 0 Å². The summed E-state index contributed by atoms with van der Waals surface area (Å²) in [6, 6.07) is 6.24. The number of benzene rings is 1. The predicted octanol–water partition coefficient (Wildman–Crippen LogP) is 1.56. The van der Waals surface area contributed by atoms with E-state index in [2.05, 4.69) is 16.2 Å². The van der Waals surface area contributed by atoms with Crippen LogP contribution in [0.25, 0.3) is 0 Å². The molecule has 28 heavy (non-hydrogen) atoms. The van der Waals surface area contributed by atoms with Gasteiger partial charge in [0.1, 0.15) is 0 Å². The maximum atomic E-state index is 12.5. The van der Waals surface area contributed by atoms with E-state index in [1.807, 2.05) is 12.2 Å². The molecule has 4 N–H and O–H groups in total. The highest BCUT2D eigenvalue weighted by atomic mass is 16.4. The summed E-state index contributed by atoms with van der Waals surface area (Å²) in [6.07, 6.45) is 4.37. The van der Waals surface area contributed by atoms with Crippen molar-refractivity contribution in [2.75, 3.05) is 5.32 Å². The van der Waals surface area contributed by atoms with Crippen LogP contribution in [0, 0.1) is 29.6 Å². The summed E-state index contributed by atoms with van der Waals surface area (Å²) in [5.41, 5.74) is 5.54. The normalized spacial score (nSPS) is 24.8. The van der Waals surface area contributed by atoms with Crippen LogP contribution in [-0.2, 0) is 14.4 Å². The number of rotatable bonds is 5. The van der Waals surface area contributed by atoms with Crippen molar-refractivity contribution in [1.29, 1.82) is 0 Å². The largest absolute Gasteiger partial charge is 0.481 e. The number of carboxylic acid groups (broad SMARTS) is 1. The smallest absolute Gasteiger partial charge is 0.307 e. The molecular weight excluding hydrogens is 362 g/mol. The first-order valence-electron chi connectivity index (χ1n) is 9.20. The maximum absolute atomic E-state index is 12.5. The standard InChI is InChI=1S/C20H23N3O5/c1-10(2)17(24)21-14-7-5-11(6-8-14)18(25)22-23-19(26)15-12-3-4-13(9-12)16(15)20(27)28/h3-8,10,12-13,15-16H,9H2,1-2H3,(H,21,24)(H,22,25)(H,23,26)(H,27,28)/t12-,13-,15-,16+/m0/s1. The molecule has 148 valence electrons. The van der Waals surface area contributed by atoms with Gasteiger partial charge in [-0.1, -0.05) is 26.0 Å². The molecule has 2 bridgehead atoms. The third-order valence-corrected chi connectivity index (χ3v) is 5.29. The Hall–Kier alpha value is -3.16. The second-order valence-electron chi connectivity index (χ2n) is 7.50. The van der Waals surface area contributed by atoms with Crippen molar-refractivity contribution in [2.45, 2.75) is 20.3 Å². The third-order valence-electron chi connectivity index (χ3n) is 5.29. The summed E-state index contributed by atoms with van der Waals surface area (Å²) in [4.78, 5) is 47.9. The van der Waals surface area contributed by atoms with Gasteiger partial charge < -0.3 is 10.4 Å². The van der Waals surface area contributed by atoms with E-state index in [1.165, 1.54) is 12.1 Å². The molecule has 1 aromatic carbocycles. The summed E-state index contributed by atoms with van der Waals surface area (Å²) in [6.45, 7) is 3.56. The number of fused-ring (bicyclic) bond motifs is 2. The van der Waals surface area contributed by atoms with Crippen LogP contribution in [0.5, 0.6) is 0 Å². The average Bonchev–Trinajstić information content (AvgIpc) is 3.27. The summed E-state index contributed by atoms with van der Waals surface area (Å²) in [7, 11) is 0. The van der Waals surface area contributed by atoms with Crippen LogP contribution in [-0.4, -0.2) is 28.8 Å². The van der Waals surface area contributed by atoms with Crippen LogP contribution in [0.4, 0.5) is 5.69 Å². The van der Waals surface area contributed by atoms with Gasteiger partial charge in [-0.05, 0) is 42.5 Å². The molecular formula is C20H23N3O5. The third kappa shape index (κ3) is 3.90. The number of anilines is 1. The molecule has 0 aromatic heterocycles. The van der Waals surface area contributed by atoms with Crippen molar-refractivity contribution in [2.24, 2.45) is 29.6 Å². The number of carbonyl (C=O) groups excluding carboxylic acids is 3. The lowest BCUT2D eigenvalue weighted by Crippen LogP contribution is -2.48. The van der Waals surface area contributed by atoms with Crippen LogP contribution in [0.1, 0.15) is 30.6 Å². The van der Waals surface area contributed by atoms with E-state index >= 15 is 0 Å². The molecule has 0 saturated heterocycles. The first-order valence-corrected chi connectivity index (χ1v) is 9.20. The van der Waals surface area contributed by atoms with Gasteiger partial charge in [-0.3, -0.25) is 30.0 Å². The number of carbonyl (C=O) groups is 4. The number of nitrogens with one attached hydrogen (secondary N) is 3. The lowest BCUT2D eigenvalue weighted by Gasteiger charge is -2.23. The van der Waals surface area contributed by atoms with Crippen molar-refractivity contribution in [3.8, 4) is 0 Å². The fraction of sp³-hybridized carbons (Fsp3) is 0.400. The molecule has 8 heteroatoms. The lowest BCUT2D eigenvalue weighted by molar-refractivity contribution is -0.148. The molecule has 8 nitrogen and oxygen atoms in total. The molecule has 0 heterocycles. The van der Waals surface area contributed by atoms with Crippen molar-refractivity contribution in [3.63, 3.8) is 0 Å². The molecule has 2 aliphatic carbocycles. The van der Waals surface area contributed by atoms with E-state index in [-0.39, 0.29) is 23.7 Å². The predicted molar refractivity (Wildman–Crippen MR) is 101 cm³/mol. The van der Waals surface area contributed by atoms with Gasteiger partial charge in [-0.2, -0.15) is 0 Å². The highest BCUT2D eigenvalue weighted by molar-refractivity contribution is 5.97. The first-order chi connectivity index (χ1) is 13.3. The number of carboxylic acids is 1. The van der Waals surface area contributed by atoms with Crippen LogP contribution < -0.4 is 16.2 Å². The Bertz CT molecular complexity index is 831. The Morgan fingerprint density at radius 2 is 1.57 bits per heavy atom. The van der Waals surface area contributed by atoms with Crippen molar-refractivity contribution in [3.05, 3.63) is 42.0 Å². The van der Waals surface area contributed by atoms with E-state index in [4.69, 9.17) is 0 Å². The second kappa shape index (κ2) is 7.84. The zero-order valence-corrected chi connectivity index (χ0v) is 15.6.